The highest BCUT2D eigenvalue weighted by Crippen LogP contribution is 2.25. The molecule has 0 fully saturated rings. The predicted molar refractivity (Wildman–Crippen MR) is 63.4 cm³/mol. The van der Waals surface area contributed by atoms with Gasteiger partial charge in [-0.25, -0.2) is 0 Å². The van der Waals surface area contributed by atoms with Crippen LogP contribution in [0.25, 0.3) is 10.9 Å². The molecule has 2 N–H and O–H groups in total. The normalized spacial score (nSPS) is 11.1. The van der Waals surface area contributed by atoms with Gasteiger partial charge in [0.1, 0.15) is 0 Å². The SMILES string of the molecule is Cn1ccc2cc(CCN)c(Br)cc21. The smallest absolute Gasteiger partial charge is 0.0489 e. The van der Waals surface area contributed by atoms with E-state index in [0.717, 1.165) is 10.9 Å². The molecule has 2 nitrogen and oxygen atoms in total. The van der Waals surface area contributed by atoms with Crippen molar-refractivity contribution in [3.8, 4) is 0 Å². The zero-order valence-electron chi connectivity index (χ0n) is 8.13. The van der Waals surface area contributed by atoms with Crippen molar-refractivity contribution in [2.75, 3.05) is 6.54 Å². The van der Waals surface area contributed by atoms with Crippen molar-refractivity contribution in [2.24, 2.45) is 12.8 Å². The topological polar surface area (TPSA) is 30.9 Å². The average molecular weight is 253 g/mol. The van der Waals surface area contributed by atoms with E-state index in [2.05, 4.69) is 51.9 Å². The lowest BCUT2D eigenvalue weighted by atomic mass is 10.1. The van der Waals surface area contributed by atoms with E-state index in [9.17, 15) is 0 Å². The summed E-state index contributed by atoms with van der Waals surface area (Å²) in [5, 5.41) is 1.28. The van der Waals surface area contributed by atoms with Gasteiger partial charge in [0, 0.05) is 23.2 Å². The van der Waals surface area contributed by atoms with Gasteiger partial charge in [0.05, 0.1) is 0 Å². The number of nitrogens with zero attached hydrogens (tertiary/aromatic N) is 1. The van der Waals surface area contributed by atoms with E-state index in [4.69, 9.17) is 5.73 Å². The maximum Gasteiger partial charge on any atom is 0.0489 e. The highest BCUT2D eigenvalue weighted by molar-refractivity contribution is 9.10. The van der Waals surface area contributed by atoms with Crippen LogP contribution in [0.5, 0.6) is 0 Å². The Morgan fingerprint density at radius 3 is 2.93 bits per heavy atom. The van der Waals surface area contributed by atoms with E-state index in [1.165, 1.54) is 16.5 Å². The number of nitrogens with two attached hydrogens (primary N) is 1. The summed E-state index contributed by atoms with van der Waals surface area (Å²) >= 11 is 3.57. The number of fused-ring (bicyclic) bond motifs is 1. The number of hydrogen-bond acceptors (Lipinski definition) is 1. The Balaban J connectivity index is 2.60. The number of aryl methyl sites for hydroxylation is 1. The Labute approximate surface area is 91.8 Å². The van der Waals surface area contributed by atoms with Crippen LogP contribution in [0.4, 0.5) is 0 Å². The first-order chi connectivity index (χ1) is 6.72. The van der Waals surface area contributed by atoms with Gasteiger partial charge in [-0.15, -0.1) is 0 Å². The average Bonchev–Trinajstić information content (AvgIpc) is 2.50. The molecule has 0 bridgehead atoms. The van der Waals surface area contributed by atoms with Gasteiger partial charge in [-0.1, -0.05) is 15.9 Å². The summed E-state index contributed by atoms with van der Waals surface area (Å²) in [6.45, 7) is 0.691. The molecule has 2 rings (SSSR count). The van der Waals surface area contributed by atoms with Crippen LogP contribution in [0.1, 0.15) is 5.56 Å². The van der Waals surface area contributed by atoms with Crippen LogP contribution in [0, 0.1) is 0 Å². The van der Waals surface area contributed by atoms with Crippen LogP contribution in [-0.4, -0.2) is 11.1 Å². The molecular formula is C11H13BrN2. The quantitative estimate of drug-likeness (QED) is 0.875. The molecule has 0 saturated carbocycles. The molecule has 3 heteroatoms. The second-order valence-electron chi connectivity index (χ2n) is 3.47. The van der Waals surface area contributed by atoms with Crippen molar-refractivity contribution in [1.29, 1.82) is 0 Å². The van der Waals surface area contributed by atoms with Crippen LogP contribution in [0.2, 0.25) is 0 Å². The molecule has 0 spiro atoms. The molecule has 1 heterocycles. The largest absolute Gasteiger partial charge is 0.351 e. The van der Waals surface area contributed by atoms with Gasteiger partial charge in [0.2, 0.25) is 0 Å². The molecule has 0 unspecified atom stereocenters. The summed E-state index contributed by atoms with van der Waals surface area (Å²) in [6.07, 6.45) is 2.99. The number of aromatic nitrogens is 1. The third kappa shape index (κ3) is 1.57. The first kappa shape index (κ1) is 9.74. The van der Waals surface area contributed by atoms with Crippen LogP contribution in [0.15, 0.2) is 28.9 Å². The van der Waals surface area contributed by atoms with Gasteiger partial charge >= 0.3 is 0 Å². The summed E-state index contributed by atoms with van der Waals surface area (Å²) in [7, 11) is 2.05. The van der Waals surface area contributed by atoms with E-state index < -0.39 is 0 Å². The monoisotopic (exact) mass is 252 g/mol. The van der Waals surface area contributed by atoms with Gasteiger partial charge in [-0.05, 0) is 42.1 Å². The van der Waals surface area contributed by atoms with E-state index in [1.54, 1.807) is 0 Å². The fourth-order valence-corrected chi connectivity index (χ4v) is 2.21. The molecule has 74 valence electrons. The van der Waals surface area contributed by atoms with Crippen molar-refractivity contribution in [1.82, 2.24) is 4.57 Å². The molecule has 2 aromatic rings. The minimum atomic E-state index is 0.691. The fraction of sp³-hybridized carbons (Fsp3) is 0.273. The summed E-state index contributed by atoms with van der Waals surface area (Å²) in [4.78, 5) is 0. The Morgan fingerprint density at radius 1 is 1.43 bits per heavy atom. The van der Waals surface area contributed by atoms with Crippen LogP contribution < -0.4 is 5.73 Å². The van der Waals surface area contributed by atoms with Crippen molar-refractivity contribution in [3.05, 3.63) is 34.4 Å². The highest BCUT2D eigenvalue weighted by atomic mass is 79.9. The third-order valence-corrected chi connectivity index (χ3v) is 3.21. The zero-order valence-corrected chi connectivity index (χ0v) is 9.71. The third-order valence-electron chi connectivity index (χ3n) is 2.47. The van der Waals surface area contributed by atoms with Gasteiger partial charge in [-0.2, -0.15) is 0 Å². The van der Waals surface area contributed by atoms with Crippen LogP contribution in [0.3, 0.4) is 0 Å². The summed E-state index contributed by atoms with van der Waals surface area (Å²) in [5.41, 5.74) is 8.08. The van der Waals surface area contributed by atoms with Crippen LogP contribution >= 0.6 is 15.9 Å². The molecule has 14 heavy (non-hydrogen) atoms. The summed E-state index contributed by atoms with van der Waals surface area (Å²) in [5.74, 6) is 0. The Bertz CT molecular complexity index is 460. The maximum atomic E-state index is 5.55. The number of hydrogen-bond donors (Lipinski definition) is 1. The van der Waals surface area contributed by atoms with E-state index >= 15 is 0 Å². The second-order valence-corrected chi connectivity index (χ2v) is 4.32. The lowest BCUT2D eigenvalue weighted by Gasteiger charge is -2.04. The van der Waals surface area contributed by atoms with Crippen molar-refractivity contribution >= 4 is 26.8 Å². The fourth-order valence-electron chi connectivity index (χ4n) is 1.69. The molecule has 0 radical (unpaired) electrons. The minimum Gasteiger partial charge on any atom is -0.351 e. The molecule has 0 amide bonds. The predicted octanol–water partition coefficient (Wildman–Crippen LogP) is 2.44. The number of benzene rings is 1. The molecular weight excluding hydrogens is 240 g/mol. The van der Waals surface area contributed by atoms with Crippen molar-refractivity contribution < 1.29 is 0 Å². The molecule has 1 aromatic heterocycles. The molecule has 0 aliphatic heterocycles. The summed E-state index contributed by atoms with van der Waals surface area (Å²) < 4.78 is 3.27. The lowest BCUT2D eigenvalue weighted by molar-refractivity contribution is 0.956. The standard InChI is InChI=1S/C11H13BrN2/c1-14-5-3-9-6-8(2-4-13)10(12)7-11(9)14/h3,5-7H,2,4,13H2,1H3. The summed E-state index contributed by atoms with van der Waals surface area (Å²) in [6, 6.07) is 6.48. The van der Waals surface area contributed by atoms with Crippen molar-refractivity contribution in [2.45, 2.75) is 6.42 Å². The molecule has 1 aromatic carbocycles. The molecule has 0 aliphatic carbocycles. The highest BCUT2D eigenvalue weighted by Gasteiger charge is 2.04. The minimum absolute atomic E-state index is 0.691. The Morgan fingerprint density at radius 2 is 2.21 bits per heavy atom. The van der Waals surface area contributed by atoms with Crippen LogP contribution in [-0.2, 0) is 13.5 Å². The maximum absolute atomic E-state index is 5.55. The van der Waals surface area contributed by atoms with Gasteiger partial charge in [0.15, 0.2) is 0 Å². The number of halogens is 1. The molecule has 0 saturated heterocycles. The first-order valence-electron chi connectivity index (χ1n) is 4.66. The van der Waals surface area contributed by atoms with E-state index in [1.807, 2.05) is 0 Å². The molecule has 0 aliphatic rings. The lowest BCUT2D eigenvalue weighted by Crippen LogP contribution is -2.03. The van der Waals surface area contributed by atoms with E-state index in [0.29, 0.717) is 6.54 Å². The van der Waals surface area contributed by atoms with Crippen molar-refractivity contribution in [3.63, 3.8) is 0 Å². The first-order valence-corrected chi connectivity index (χ1v) is 5.45. The van der Waals surface area contributed by atoms with Gasteiger partial charge in [0.25, 0.3) is 0 Å². The Kier molecular flexibility index (Phi) is 2.61. The Hall–Kier alpha value is -0.800. The van der Waals surface area contributed by atoms with Gasteiger partial charge < -0.3 is 10.3 Å². The second kappa shape index (κ2) is 3.75. The molecule has 0 atom stereocenters. The number of rotatable bonds is 2. The van der Waals surface area contributed by atoms with Gasteiger partial charge in [-0.3, -0.25) is 0 Å². The zero-order chi connectivity index (χ0) is 10.1. The van der Waals surface area contributed by atoms with E-state index in [-0.39, 0.29) is 0 Å².